The minimum Gasteiger partial charge on any atom is -0.463 e. The van der Waals surface area contributed by atoms with Crippen LogP contribution < -0.4 is 5.73 Å². The SMILES string of the molecule is COCCCN1CC2C(CCC(=O)c3cc(Cl)c(N)c4ccoc34)C2C1.Cl. The Hall–Kier alpha value is -1.27. The summed E-state index contributed by atoms with van der Waals surface area (Å²) in [6.07, 6.45) is 4.13. The number of ether oxygens (including phenoxy) is 1. The Kier molecular flexibility index (Phi) is 6.36. The Morgan fingerprint density at radius 1 is 1.41 bits per heavy atom. The van der Waals surface area contributed by atoms with Gasteiger partial charge in [0.2, 0.25) is 0 Å². The lowest BCUT2D eigenvalue weighted by molar-refractivity contribution is 0.0976. The molecule has 0 bridgehead atoms. The van der Waals surface area contributed by atoms with Gasteiger partial charge in [0.25, 0.3) is 0 Å². The zero-order chi connectivity index (χ0) is 18.3. The molecule has 27 heavy (non-hydrogen) atoms. The van der Waals surface area contributed by atoms with Crippen LogP contribution in [0.1, 0.15) is 29.6 Å². The predicted molar refractivity (Wildman–Crippen MR) is 110 cm³/mol. The number of nitrogens with zero attached hydrogens (tertiary/aromatic N) is 1. The van der Waals surface area contributed by atoms with E-state index < -0.39 is 0 Å². The van der Waals surface area contributed by atoms with Crippen molar-refractivity contribution >= 4 is 46.4 Å². The molecule has 0 radical (unpaired) electrons. The third-order valence-corrected chi connectivity index (χ3v) is 6.32. The number of carbonyl (C=O) groups is 1. The fraction of sp³-hybridized carbons (Fsp3) is 0.550. The summed E-state index contributed by atoms with van der Waals surface area (Å²) in [6.45, 7) is 4.29. The monoisotopic (exact) mass is 412 g/mol. The fourth-order valence-corrected chi connectivity index (χ4v) is 4.76. The molecule has 0 spiro atoms. The van der Waals surface area contributed by atoms with E-state index in [1.165, 1.54) is 13.1 Å². The molecule has 1 saturated carbocycles. The van der Waals surface area contributed by atoms with Crippen molar-refractivity contribution in [2.75, 3.05) is 39.1 Å². The molecule has 2 fully saturated rings. The van der Waals surface area contributed by atoms with Gasteiger partial charge in [0.05, 0.1) is 22.5 Å². The van der Waals surface area contributed by atoms with E-state index in [1.54, 1.807) is 25.5 Å². The largest absolute Gasteiger partial charge is 0.463 e. The molecule has 5 nitrogen and oxygen atoms in total. The van der Waals surface area contributed by atoms with Gasteiger partial charge < -0.3 is 19.8 Å². The molecule has 2 N–H and O–H groups in total. The topological polar surface area (TPSA) is 68.7 Å². The van der Waals surface area contributed by atoms with Crippen LogP contribution in [0, 0.1) is 17.8 Å². The summed E-state index contributed by atoms with van der Waals surface area (Å²) < 4.78 is 10.6. The van der Waals surface area contributed by atoms with Crippen LogP contribution in [-0.4, -0.2) is 44.0 Å². The van der Waals surface area contributed by atoms with Gasteiger partial charge in [-0.25, -0.2) is 0 Å². The molecule has 1 aromatic heterocycles. The Morgan fingerprint density at radius 3 is 2.85 bits per heavy atom. The fourth-order valence-electron chi connectivity index (χ4n) is 4.55. The van der Waals surface area contributed by atoms with Crippen LogP contribution in [0.3, 0.4) is 0 Å². The van der Waals surface area contributed by atoms with E-state index in [9.17, 15) is 4.79 Å². The third-order valence-electron chi connectivity index (χ3n) is 6.00. The first-order chi connectivity index (χ1) is 12.6. The summed E-state index contributed by atoms with van der Waals surface area (Å²) in [5, 5.41) is 1.13. The molecular weight excluding hydrogens is 387 g/mol. The molecule has 0 amide bonds. The van der Waals surface area contributed by atoms with E-state index in [-0.39, 0.29) is 18.2 Å². The number of methoxy groups -OCH3 is 1. The summed E-state index contributed by atoms with van der Waals surface area (Å²) in [4.78, 5) is 15.3. The number of anilines is 1. The highest BCUT2D eigenvalue weighted by Gasteiger charge is 2.54. The number of hydrogen-bond donors (Lipinski definition) is 1. The van der Waals surface area contributed by atoms with Crippen molar-refractivity contribution < 1.29 is 13.9 Å². The first-order valence-corrected chi connectivity index (χ1v) is 9.67. The van der Waals surface area contributed by atoms with Crippen LogP contribution in [-0.2, 0) is 4.74 Å². The molecule has 7 heteroatoms. The van der Waals surface area contributed by atoms with Gasteiger partial charge in [-0.05, 0) is 42.7 Å². The van der Waals surface area contributed by atoms with Gasteiger partial charge in [0, 0.05) is 45.2 Å². The number of piperidine rings is 1. The second-order valence-corrected chi connectivity index (χ2v) is 7.95. The number of furan rings is 1. The highest BCUT2D eigenvalue weighted by atomic mass is 35.5. The average molecular weight is 413 g/mol. The smallest absolute Gasteiger partial charge is 0.166 e. The van der Waals surface area contributed by atoms with E-state index in [2.05, 4.69) is 4.90 Å². The zero-order valence-electron chi connectivity index (χ0n) is 15.4. The van der Waals surface area contributed by atoms with Gasteiger partial charge in [0.1, 0.15) is 5.58 Å². The van der Waals surface area contributed by atoms with E-state index in [4.69, 9.17) is 26.5 Å². The summed E-state index contributed by atoms with van der Waals surface area (Å²) in [5.74, 6) is 2.32. The summed E-state index contributed by atoms with van der Waals surface area (Å²) in [6, 6.07) is 3.41. The van der Waals surface area contributed by atoms with Crippen molar-refractivity contribution in [2.24, 2.45) is 17.8 Å². The summed E-state index contributed by atoms with van der Waals surface area (Å²) in [5.41, 5.74) is 7.54. The number of carbonyl (C=O) groups excluding carboxylic acids is 1. The maximum Gasteiger partial charge on any atom is 0.166 e. The highest BCUT2D eigenvalue weighted by Crippen LogP contribution is 2.54. The first kappa shape index (κ1) is 20.5. The van der Waals surface area contributed by atoms with E-state index in [0.717, 1.165) is 43.2 Å². The molecule has 1 aliphatic carbocycles. The van der Waals surface area contributed by atoms with Crippen molar-refractivity contribution in [1.29, 1.82) is 0 Å². The second-order valence-electron chi connectivity index (χ2n) is 7.54. The molecule has 1 saturated heterocycles. The lowest BCUT2D eigenvalue weighted by Gasteiger charge is -2.19. The van der Waals surface area contributed by atoms with E-state index >= 15 is 0 Å². The standard InChI is InChI=1S/C20H25ClN2O3.ClH/c1-25-7-2-6-23-10-15-12(16(15)11-23)3-4-18(24)14-9-17(21)19(22)13-5-8-26-20(13)14;/h5,8-9,12,15-16H,2-4,6-7,10-11,22H2,1H3;1H. The molecule has 4 rings (SSSR count). The maximum atomic E-state index is 12.7. The zero-order valence-corrected chi connectivity index (χ0v) is 17.0. The van der Waals surface area contributed by atoms with Crippen LogP contribution in [0.5, 0.6) is 0 Å². The van der Waals surface area contributed by atoms with Crippen LogP contribution in [0.15, 0.2) is 22.8 Å². The molecule has 2 unspecified atom stereocenters. The highest BCUT2D eigenvalue weighted by molar-refractivity contribution is 6.35. The molecule has 2 heterocycles. The Balaban J connectivity index is 0.00000210. The lowest BCUT2D eigenvalue weighted by atomic mass is 10.0. The van der Waals surface area contributed by atoms with Crippen LogP contribution >= 0.6 is 24.0 Å². The minimum absolute atomic E-state index is 0. The minimum atomic E-state index is 0. The molecular formula is C20H26Cl2N2O3. The molecule has 2 atom stereocenters. The Bertz CT molecular complexity index is 811. The van der Waals surface area contributed by atoms with Crippen LogP contribution in [0.2, 0.25) is 5.02 Å². The molecule has 1 aromatic carbocycles. The third kappa shape index (κ3) is 3.97. The van der Waals surface area contributed by atoms with Gasteiger partial charge in [-0.15, -0.1) is 12.4 Å². The van der Waals surface area contributed by atoms with Gasteiger partial charge in [-0.1, -0.05) is 11.6 Å². The van der Waals surface area contributed by atoms with Gasteiger partial charge in [-0.3, -0.25) is 4.79 Å². The van der Waals surface area contributed by atoms with Gasteiger partial charge >= 0.3 is 0 Å². The summed E-state index contributed by atoms with van der Waals surface area (Å²) in [7, 11) is 1.75. The molecule has 1 aliphatic heterocycles. The molecule has 2 aliphatic rings. The quantitative estimate of drug-likeness (QED) is 0.398. The van der Waals surface area contributed by atoms with Crippen molar-refractivity contribution in [3.8, 4) is 0 Å². The van der Waals surface area contributed by atoms with Crippen molar-refractivity contribution in [3.05, 3.63) is 29.0 Å². The average Bonchev–Trinajstić information content (AvgIpc) is 3.00. The van der Waals surface area contributed by atoms with Gasteiger partial charge in [0.15, 0.2) is 5.78 Å². The number of benzene rings is 1. The van der Waals surface area contributed by atoms with Crippen molar-refractivity contribution in [2.45, 2.75) is 19.3 Å². The van der Waals surface area contributed by atoms with Crippen molar-refractivity contribution in [3.63, 3.8) is 0 Å². The number of hydrogen-bond acceptors (Lipinski definition) is 5. The number of halogens is 2. The van der Waals surface area contributed by atoms with Crippen molar-refractivity contribution in [1.82, 2.24) is 4.90 Å². The number of fused-ring (bicyclic) bond motifs is 2. The maximum absolute atomic E-state index is 12.7. The lowest BCUT2D eigenvalue weighted by Crippen LogP contribution is -2.26. The number of nitrogen functional groups attached to an aromatic ring is 1. The molecule has 2 aromatic rings. The normalized spacial score (nSPS) is 24.0. The predicted octanol–water partition coefficient (Wildman–Crippen LogP) is 4.27. The Morgan fingerprint density at radius 2 is 2.15 bits per heavy atom. The van der Waals surface area contributed by atoms with Gasteiger partial charge in [-0.2, -0.15) is 0 Å². The van der Waals surface area contributed by atoms with Crippen LogP contribution in [0.25, 0.3) is 11.0 Å². The number of ketones is 1. The number of likely N-dealkylation sites (tertiary alicyclic amines) is 1. The number of rotatable bonds is 8. The molecule has 148 valence electrons. The number of nitrogens with two attached hydrogens (primary N) is 1. The van der Waals surface area contributed by atoms with E-state index in [0.29, 0.717) is 34.2 Å². The Labute approximate surface area is 170 Å². The van der Waals surface area contributed by atoms with Crippen LogP contribution in [0.4, 0.5) is 5.69 Å². The summed E-state index contributed by atoms with van der Waals surface area (Å²) >= 11 is 6.18. The first-order valence-electron chi connectivity index (χ1n) is 9.29. The van der Waals surface area contributed by atoms with E-state index in [1.807, 2.05) is 0 Å². The second kappa shape index (κ2) is 8.39. The number of Topliss-reactive ketones (excluding diaryl/α,β-unsaturated/α-hetero) is 1.